The Morgan fingerprint density at radius 1 is 0.667 bits per heavy atom. The van der Waals surface area contributed by atoms with Gasteiger partial charge in [0.25, 0.3) is 0 Å². The first kappa shape index (κ1) is 20.8. The fourth-order valence-corrected chi connectivity index (χ4v) is 41.0. The molecule has 1 fully saturated rings. The van der Waals surface area contributed by atoms with Crippen molar-refractivity contribution in [3.05, 3.63) is 60.7 Å². The highest BCUT2D eigenvalue weighted by atomic mass is 29.6. The first-order chi connectivity index (χ1) is 12.8. The molecule has 27 heavy (non-hydrogen) atoms. The van der Waals surface area contributed by atoms with Crippen molar-refractivity contribution in [2.75, 3.05) is 19.3 Å². The molecule has 1 saturated heterocycles. The number of piperidine rings is 1. The zero-order valence-corrected chi connectivity index (χ0v) is 21.0. The molecule has 1 heterocycles. The molecule has 1 aliphatic heterocycles. The first-order valence-corrected chi connectivity index (χ1v) is 21.3. The van der Waals surface area contributed by atoms with Crippen LogP contribution < -0.4 is 10.4 Å². The average Bonchev–Trinajstić information content (AvgIpc) is 2.68. The normalized spacial score (nSPS) is 18.9. The third-order valence-electron chi connectivity index (χ3n) is 7.45. The van der Waals surface area contributed by atoms with Crippen LogP contribution in [0.5, 0.6) is 0 Å². The molecule has 0 aromatic heterocycles. The Morgan fingerprint density at radius 3 is 1.52 bits per heavy atom. The highest BCUT2D eigenvalue weighted by Gasteiger charge is 2.57. The summed E-state index contributed by atoms with van der Waals surface area (Å²) < 4.78 is 0. The SMILES string of the molecule is C[Si](C)(C)[Si@](C)(CN1CCCCC1)[Si](C)(c1ccccc1)c1ccccc1. The lowest BCUT2D eigenvalue weighted by Crippen LogP contribution is -2.84. The average molecular weight is 412 g/mol. The molecule has 0 N–H and O–H groups in total. The van der Waals surface area contributed by atoms with Gasteiger partial charge in [0.2, 0.25) is 0 Å². The zero-order valence-electron chi connectivity index (χ0n) is 18.0. The summed E-state index contributed by atoms with van der Waals surface area (Å²) in [6.45, 7) is 16.1. The summed E-state index contributed by atoms with van der Waals surface area (Å²) in [5.74, 6) is 0. The van der Waals surface area contributed by atoms with E-state index < -0.39 is 22.3 Å². The molecule has 1 atom stereocenters. The van der Waals surface area contributed by atoms with Crippen molar-refractivity contribution in [1.29, 1.82) is 0 Å². The summed E-state index contributed by atoms with van der Waals surface area (Å²) >= 11 is 0. The lowest BCUT2D eigenvalue weighted by Gasteiger charge is -2.53. The van der Waals surface area contributed by atoms with Gasteiger partial charge in [-0.15, -0.1) is 0 Å². The maximum Gasteiger partial charge on any atom is 0.107 e. The van der Waals surface area contributed by atoms with E-state index in [1.54, 1.807) is 10.4 Å². The molecular formula is C23H37NSi3. The minimum atomic E-state index is -1.82. The van der Waals surface area contributed by atoms with Crippen LogP contribution in [0, 0.1) is 0 Å². The second-order valence-corrected chi connectivity index (χ2v) is 36.3. The predicted molar refractivity (Wildman–Crippen MR) is 129 cm³/mol. The topological polar surface area (TPSA) is 3.24 Å². The lowest BCUT2D eigenvalue weighted by atomic mass is 10.1. The van der Waals surface area contributed by atoms with Gasteiger partial charge in [-0.3, -0.25) is 0 Å². The number of benzene rings is 2. The quantitative estimate of drug-likeness (QED) is 0.634. The van der Waals surface area contributed by atoms with E-state index in [1.807, 2.05) is 0 Å². The van der Waals surface area contributed by atoms with Crippen molar-refractivity contribution in [3.63, 3.8) is 0 Å². The molecule has 0 spiro atoms. The van der Waals surface area contributed by atoms with Crippen molar-refractivity contribution in [3.8, 4) is 0 Å². The van der Waals surface area contributed by atoms with E-state index in [1.165, 1.54) is 38.5 Å². The Bertz CT molecular complexity index is 681. The van der Waals surface area contributed by atoms with Gasteiger partial charge in [0, 0.05) is 7.59 Å². The molecule has 1 nitrogen and oxygen atoms in total. The van der Waals surface area contributed by atoms with E-state index >= 15 is 0 Å². The predicted octanol–water partition coefficient (Wildman–Crippen LogP) is 4.48. The summed E-state index contributed by atoms with van der Waals surface area (Å²) in [7, 11) is -4.72. The molecule has 0 amide bonds. The van der Waals surface area contributed by atoms with Gasteiger partial charge in [-0.1, -0.05) is 110 Å². The van der Waals surface area contributed by atoms with E-state index in [0.717, 1.165) is 0 Å². The minimum absolute atomic E-state index is 1.32. The molecule has 0 unspecified atom stereocenters. The van der Waals surface area contributed by atoms with Crippen LogP contribution in [0.1, 0.15) is 19.3 Å². The summed E-state index contributed by atoms with van der Waals surface area (Å²) in [6, 6.07) is 23.2. The third kappa shape index (κ3) is 3.95. The van der Waals surface area contributed by atoms with Crippen molar-refractivity contribution in [2.24, 2.45) is 0 Å². The maximum atomic E-state index is 2.85. The second kappa shape index (κ2) is 8.19. The van der Waals surface area contributed by atoms with Gasteiger partial charge >= 0.3 is 0 Å². The van der Waals surface area contributed by atoms with E-state index in [4.69, 9.17) is 0 Å². The van der Waals surface area contributed by atoms with Crippen LogP contribution in [0.15, 0.2) is 60.7 Å². The molecule has 2 aromatic rings. The zero-order chi connectivity index (χ0) is 19.5. The van der Waals surface area contributed by atoms with E-state index in [0.29, 0.717) is 0 Å². The van der Waals surface area contributed by atoms with Crippen molar-refractivity contribution in [2.45, 2.75) is 52.0 Å². The number of rotatable bonds is 6. The summed E-state index contributed by atoms with van der Waals surface area (Å²) in [4.78, 5) is 2.85. The van der Waals surface area contributed by atoms with Crippen LogP contribution in [0.2, 0.25) is 32.7 Å². The Kier molecular flexibility index (Phi) is 6.31. The smallest absolute Gasteiger partial charge is 0.107 e. The van der Waals surface area contributed by atoms with E-state index in [2.05, 4.69) is 98.3 Å². The Morgan fingerprint density at radius 2 is 1.11 bits per heavy atom. The second-order valence-electron chi connectivity index (χ2n) is 9.78. The lowest BCUT2D eigenvalue weighted by molar-refractivity contribution is 0.261. The molecule has 0 radical (unpaired) electrons. The van der Waals surface area contributed by atoms with Crippen molar-refractivity contribution < 1.29 is 0 Å². The molecule has 0 saturated carbocycles. The molecule has 2 aromatic carbocycles. The molecule has 0 bridgehead atoms. The van der Waals surface area contributed by atoms with Crippen molar-refractivity contribution >= 4 is 32.7 Å². The minimum Gasteiger partial charge on any atom is -0.307 e. The van der Waals surface area contributed by atoms with Crippen LogP contribution in [0.3, 0.4) is 0 Å². The standard InChI is InChI=1S/C23H37NSi3/c1-25(2,3)26(4,21-24-19-13-8-14-20-24)27(5,22-15-9-6-10-16-22)23-17-11-7-12-18-23/h6-7,9-12,15-18H,8,13-14,19-21H2,1-5H3/t26-/m0/s1. The number of hydrogen-bond acceptors (Lipinski definition) is 1. The Labute approximate surface area is 169 Å². The summed E-state index contributed by atoms with van der Waals surface area (Å²) in [6.07, 6.45) is 5.61. The van der Waals surface area contributed by atoms with Crippen LogP contribution in [-0.4, -0.2) is 46.4 Å². The fraction of sp³-hybridized carbons (Fsp3) is 0.478. The van der Waals surface area contributed by atoms with Gasteiger partial charge in [-0.2, -0.15) is 0 Å². The fourth-order valence-electron chi connectivity index (χ4n) is 5.06. The van der Waals surface area contributed by atoms with E-state index in [9.17, 15) is 0 Å². The van der Waals surface area contributed by atoms with Crippen molar-refractivity contribution in [1.82, 2.24) is 4.90 Å². The third-order valence-corrected chi connectivity index (χ3v) is 47.5. The van der Waals surface area contributed by atoms with Gasteiger partial charge in [-0.05, 0) is 32.1 Å². The molecule has 4 heteroatoms. The van der Waals surface area contributed by atoms with Crippen LogP contribution in [0.4, 0.5) is 0 Å². The van der Waals surface area contributed by atoms with Gasteiger partial charge in [-0.25, -0.2) is 0 Å². The Balaban J connectivity index is 2.16. The molecule has 1 aliphatic rings. The Hall–Kier alpha value is -0.949. The number of likely N-dealkylation sites (tertiary alicyclic amines) is 1. The van der Waals surface area contributed by atoms with E-state index in [-0.39, 0.29) is 0 Å². The summed E-state index contributed by atoms with van der Waals surface area (Å²) in [5.41, 5.74) is 0. The van der Waals surface area contributed by atoms with Gasteiger partial charge in [0.15, 0.2) is 0 Å². The van der Waals surface area contributed by atoms with Crippen LogP contribution in [0.25, 0.3) is 0 Å². The number of hydrogen-bond donors (Lipinski definition) is 0. The molecule has 3 rings (SSSR count). The largest absolute Gasteiger partial charge is 0.307 e. The number of nitrogens with zero attached hydrogens (tertiary/aromatic N) is 1. The monoisotopic (exact) mass is 411 g/mol. The molecule has 0 aliphatic carbocycles. The first-order valence-electron chi connectivity index (χ1n) is 10.6. The van der Waals surface area contributed by atoms with Gasteiger partial charge < -0.3 is 4.90 Å². The maximum absolute atomic E-state index is 2.85. The highest BCUT2D eigenvalue weighted by molar-refractivity contribution is 7.73. The van der Waals surface area contributed by atoms with Crippen LogP contribution >= 0.6 is 0 Å². The molecular weight excluding hydrogens is 375 g/mol. The van der Waals surface area contributed by atoms with Gasteiger partial charge in [0.05, 0.1) is 7.11 Å². The van der Waals surface area contributed by atoms with Gasteiger partial charge in [0.1, 0.15) is 7.59 Å². The van der Waals surface area contributed by atoms with Crippen LogP contribution in [-0.2, 0) is 0 Å². The molecule has 146 valence electrons. The summed E-state index contributed by atoms with van der Waals surface area (Å²) in [5, 5.41) is 3.31. The highest BCUT2D eigenvalue weighted by Crippen LogP contribution is 2.31.